The van der Waals surface area contributed by atoms with E-state index < -0.39 is 6.10 Å². The first-order valence-corrected chi connectivity index (χ1v) is 7.14. The molecule has 0 aliphatic carbocycles. The third kappa shape index (κ3) is 5.33. The second-order valence-corrected chi connectivity index (χ2v) is 4.97. The Hall–Kier alpha value is -2.14. The Kier molecular flexibility index (Phi) is 7.32. The van der Waals surface area contributed by atoms with E-state index in [4.69, 9.17) is 4.74 Å². The van der Waals surface area contributed by atoms with E-state index in [1.54, 1.807) is 49.2 Å². The number of ether oxygens (including phenoxy) is 2. The van der Waals surface area contributed by atoms with Crippen molar-refractivity contribution in [2.75, 3.05) is 20.8 Å². The van der Waals surface area contributed by atoms with Crippen LogP contribution >= 0.6 is 0 Å². The summed E-state index contributed by atoms with van der Waals surface area (Å²) >= 11 is 0. The molecule has 1 aromatic rings. The van der Waals surface area contributed by atoms with Crippen LogP contribution in [0.15, 0.2) is 36.9 Å². The third-order valence-electron chi connectivity index (χ3n) is 3.21. The molecule has 0 radical (unpaired) electrons. The molecule has 0 aliphatic rings. The van der Waals surface area contributed by atoms with E-state index in [1.807, 2.05) is 0 Å². The number of esters is 1. The summed E-state index contributed by atoms with van der Waals surface area (Å²) in [5, 5.41) is 0. The standard InChI is InChI=1S/C17H23NO4/c1-5-6-11-22-13(2)16(19)18(3)12-14-7-9-15(10-8-14)17(20)21-4/h5,7-10,13H,1,6,11-12H2,2-4H3. The Balaban J connectivity index is 2.56. The van der Waals surface area contributed by atoms with Crippen molar-refractivity contribution in [2.24, 2.45) is 0 Å². The monoisotopic (exact) mass is 305 g/mol. The van der Waals surface area contributed by atoms with E-state index in [2.05, 4.69) is 11.3 Å². The number of amides is 1. The van der Waals surface area contributed by atoms with Crippen LogP contribution < -0.4 is 0 Å². The van der Waals surface area contributed by atoms with Crippen LogP contribution in [-0.2, 0) is 20.8 Å². The zero-order chi connectivity index (χ0) is 16.5. The first-order valence-electron chi connectivity index (χ1n) is 7.14. The van der Waals surface area contributed by atoms with Gasteiger partial charge in [0.2, 0.25) is 0 Å². The van der Waals surface area contributed by atoms with Crippen LogP contribution in [0.1, 0.15) is 29.3 Å². The van der Waals surface area contributed by atoms with Crippen molar-refractivity contribution in [3.63, 3.8) is 0 Å². The third-order valence-corrected chi connectivity index (χ3v) is 3.21. The summed E-state index contributed by atoms with van der Waals surface area (Å²) in [5.74, 6) is -0.457. The normalized spacial score (nSPS) is 11.6. The molecule has 120 valence electrons. The molecule has 0 aromatic heterocycles. The van der Waals surface area contributed by atoms with Gasteiger partial charge >= 0.3 is 5.97 Å². The van der Waals surface area contributed by atoms with Gasteiger partial charge in [-0.1, -0.05) is 18.2 Å². The number of rotatable bonds is 8. The summed E-state index contributed by atoms with van der Waals surface area (Å²) in [6, 6.07) is 6.98. The lowest BCUT2D eigenvalue weighted by Crippen LogP contribution is -2.36. The quantitative estimate of drug-likeness (QED) is 0.420. The topological polar surface area (TPSA) is 55.8 Å². The first kappa shape index (κ1) is 17.9. The lowest BCUT2D eigenvalue weighted by atomic mass is 10.1. The van der Waals surface area contributed by atoms with Crippen LogP contribution in [0.4, 0.5) is 0 Å². The van der Waals surface area contributed by atoms with Gasteiger partial charge in [0.25, 0.3) is 5.91 Å². The minimum absolute atomic E-state index is 0.0823. The molecule has 0 saturated carbocycles. The number of carbonyl (C=O) groups excluding carboxylic acids is 2. The lowest BCUT2D eigenvalue weighted by Gasteiger charge is -2.21. The summed E-state index contributed by atoms with van der Waals surface area (Å²) in [7, 11) is 3.07. The molecule has 5 nitrogen and oxygen atoms in total. The number of hydrogen-bond donors (Lipinski definition) is 0. The summed E-state index contributed by atoms with van der Waals surface area (Å²) in [6.07, 6.45) is 1.99. The minimum Gasteiger partial charge on any atom is -0.465 e. The van der Waals surface area contributed by atoms with Crippen LogP contribution in [0.5, 0.6) is 0 Å². The van der Waals surface area contributed by atoms with Gasteiger partial charge in [-0.3, -0.25) is 4.79 Å². The highest BCUT2D eigenvalue weighted by atomic mass is 16.5. The predicted molar refractivity (Wildman–Crippen MR) is 84.5 cm³/mol. The molecule has 1 atom stereocenters. The van der Waals surface area contributed by atoms with Gasteiger partial charge in [-0.15, -0.1) is 6.58 Å². The van der Waals surface area contributed by atoms with Crippen LogP contribution in [0.2, 0.25) is 0 Å². The van der Waals surface area contributed by atoms with Crippen molar-refractivity contribution in [1.82, 2.24) is 4.90 Å². The summed E-state index contributed by atoms with van der Waals surface area (Å²) in [6.45, 7) is 6.29. The van der Waals surface area contributed by atoms with E-state index in [9.17, 15) is 9.59 Å². The van der Waals surface area contributed by atoms with E-state index in [0.717, 1.165) is 12.0 Å². The number of benzene rings is 1. The van der Waals surface area contributed by atoms with Crippen molar-refractivity contribution >= 4 is 11.9 Å². The Labute approximate surface area is 131 Å². The largest absolute Gasteiger partial charge is 0.465 e. The maximum atomic E-state index is 12.2. The van der Waals surface area contributed by atoms with Gasteiger partial charge in [0.1, 0.15) is 6.10 Å². The fraction of sp³-hybridized carbons (Fsp3) is 0.412. The number of methoxy groups -OCH3 is 1. The van der Waals surface area contributed by atoms with Gasteiger partial charge in [0, 0.05) is 13.6 Å². The number of nitrogens with zero attached hydrogens (tertiary/aromatic N) is 1. The summed E-state index contributed by atoms with van der Waals surface area (Å²) in [5.41, 5.74) is 1.42. The average molecular weight is 305 g/mol. The zero-order valence-electron chi connectivity index (χ0n) is 13.4. The van der Waals surface area contributed by atoms with Crippen LogP contribution in [-0.4, -0.2) is 43.6 Å². The zero-order valence-corrected chi connectivity index (χ0v) is 13.4. The number of carbonyl (C=O) groups is 2. The molecule has 0 spiro atoms. The lowest BCUT2D eigenvalue weighted by molar-refractivity contribution is -0.141. The van der Waals surface area contributed by atoms with Crippen molar-refractivity contribution in [3.8, 4) is 0 Å². The van der Waals surface area contributed by atoms with Gasteiger partial charge in [-0.25, -0.2) is 4.79 Å². The van der Waals surface area contributed by atoms with E-state index in [0.29, 0.717) is 18.7 Å². The number of likely N-dealkylation sites (N-methyl/N-ethyl adjacent to an activating group) is 1. The molecule has 1 amide bonds. The smallest absolute Gasteiger partial charge is 0.337 e. The first-order chi connectivity index (χ1) is 10.5. The van der Waals surface area contributed by atoms with Gasteiger partial charge < -0.3 is 14.4 Å². The highest BCUT2D eigenvalue weighted by Crippen LogP contribution is 2.09. The van der Waals surface area contributed by atoms with Crippen molar-refractivity contribution < 1.29 is 19.1 Å². The second kappa shape index (κ2) is 9.00. The van der Waals surface area contributed by atoms with Crippen LogP contribution in [0.3, 0.4) is 0 Å². The second-order valence-electron chi connectivity index (χ2n) is 4.97. The van der Waals surface area contributed by atoms with E-state index in [1.165, 1.54) is 7.11 Å². The molecule has 5 heteroatoms. The molecular formula is C17H23NO4. The van der Waals surface area contributed by atoms with E-state index in [-0.39, 0.29) is 11.9 Å². The fourth-order valence-electron chi connectivity index (χ4n) is 1.93. The minimum atomic E-state index is -0.487. The van der Waals surface area contributed by atoms with Crippen molar-refractivity contribution in [2.45, 2.75) is 26.0 Å². The maximum Gasteiger partial charge on any atom is 0.337 e. The van der Waals surface area contributed by atoms with Crippen LogP contribution in [0, 0.1) is 0 Å². The molecule has 0 bridgehead atoms. The Morgan fingerprint density at radius 2 is 1.95 bits per heavy atom. The van der Waals surface area contributed by atoms with Gasteiger partial charge in [0.05, 0.1) is 19.3 Å². The molecule has 0 fully saturated rings. The summed E-state index contributed by atoms with van der Waals surface area (Å²) < 4.78 is 10.1. The van der Waals surface area contributed by atoms with Gasteiger partial charge in [0.15, 0.2) is 0 Å². The molecule has 0 N–H and O–H groups in total. The number of hydrogen-bond acceptors (Lipinski definition) is 4. The predicted octanol–water partition coefficient (Wildman–Crippen LogP) is 2.41. The highest BCUT2D eigenvalue weighted by molar-refractivity contribution is 5.89. The SMILES string of the molecule is C=CCCOC(C)C(=O)N(C)Cc1ccc(C(=O)OC)cc1. The van der Waals surface area contributed by atoms with Crippen molar-refractivity contribution in [3.05, 3.63) is 48.0 Å². The Bertz CT molecular complexity index is 510. The van der Waals surface area contributed by atoms with E-state index >= 15 is 0 Å². The van der Waals surface area contributed by atoms with Gasteiger partial charge in [-0.05, 0) is 31.0 Å². The molecule has 22 heavy (non-hydrogen) atoms. The molecule has 0 saturated heterocycles. The van der Waals surface area contributed by atoms with Gasteiger partial charge in [-0.2, -0.15) is 0 Å². The summed E-state index contributed by atoms with van der Waals surface area (Å²) in [4.78, 5) is 25.1. The highest BCUT2D eigenvalue weighted by Gasteiger charge is 2.18. The average Bonchev–Trinajstić information content (AvgIpc) is 2.54. The Morgan fingerprint density at radius 1 is 1.32 bits per heavy atom. The molecule has 1 unspecified atom stereocenters. The Morgan fingerprint density at radius 3 is 2.50 bits per heavy atom. The molecule has 0 aliphatic heterocycles. The van der Waals surface area contributed by atoms with Crippen molar-refractivity contribution in [1.29, 1.82) is 0 Å². The fourth-order valence-corrected chi connectivity index (χ4v) is 1.93. The maximum absolute atomic E-state index is 12.2. The molecule has 1 aromatic carbocycles. The van der Waals surface area contributed by atoms with Crippen LogP contribution in [0.25, 0.3) is 0 Å². The molecular weight excluding hydrogens is 282 g/mol. The molecule has 0 heterocycles. The molecule has 1 rings (SSSR count).